The molecule has 1 aliphatic heterocycles. The highest BCUT2D eigenvalue weighted by atomic mass is 19.1. The number of carbonyl (C=O) groups excluding carboxylic acids is 1. The number of halogens is 1. The van der Waals surface area contributed by atoms with Crippen LogP contribution in [0.1, 0.15) is 27.2 Å². The van der Waals surface area contributed by atoms with Gasteiger partial charge in [0.25, 0.3) is 0 Å². The van der Waals surface area contributed by atoms with Crippen LogP contribution >= 0.6 is 0 Å². The third-order valence-corrected chi connectivity index (χ3v) is 4.03. The largest absolute Gasteiger partial charge is 0.444 e. The minimum Gasteiger partial charge on any atom is -0.444 e. The van der Waals surface area contributed by atoms with Crippen molar-refractivity contribution < 1.29 is 13.9 Å². The second kappa shape index (κ2) is 7.27. The third-order valence-electron chi connectivity index (χ3n) is 4.03. The zero-order chi connectivity index (χ0) is 18.7. The molecule has 7 heteroatoms. The normalized spacial score (nSPS) is 17.2. The highest BCUT2D eigenvalue weighted by Gasteiger charge is 2.27. The van der Waals surface area contributed by atoms with Gasteiger partial charge in [0.1, 0.15) is 11.4 Å². The van der Waals surface area contributed by atoms with Crippen molar-refractivity contribution in [3.05, 3.63) is 42.2 Å². The van der Waals surface area contributed by atoms with E-state index in [9.17, 15) is 9.18 Å². The van der Waals surface area contributed by atoms with Gasteiger partial charge in [0.05, 0.1) is 11.7 Å². The summed E-state index contributed by atoms with van der Waals surface area (Å²) >= 11 is 0. The number of nitrogens with zero attached hydrogens (tertiary/aromatic N) is 3. The maximum absolute atomic E-state index is 13.8. The van der Waals surface area contributed by atoms with Crippen LogP contribution in [-0.4, -0.2) is 41.0 Å². The van der Waals surface area contributed by atoms with Crippen molar-refractivity contribution in [2.75, 3.05) is 18.0 Å². The zero-order valence-corrected chi connectivity index (χ0v) is 15.2. The van der Waals surface area contributed by atoms with E-state index in [2.05, 4.69) is 15.5 Å². The first kappa shape index (κ1) is 18.1. The maximum atomic E-state index is 13.8. The summed E-state index contributed by atoms with van der Waals surface area (Å²) in [5.41, 5.74) is 0.406. The molecule has 1 aromatic carbocycles. The van der Waals surface area contributed by atoms with Gasteiger partial charge in [0.2, 0.25) is 0 Å². The Hall–Kier alpha value is -2.70. The molecule has 1 N–H and O–H groups in total. The Bertz CT molecular complexity index is 774. The Morgan fingerprint density at radius 2 is 2.00 bits per heavy atom. The van der Waals surface area contributed by atoms with Crippen molar-refractivity contribution in [2.45, 2.75) is 38.8 Å². The number of rotatable bonds is 3. The molecule has 1 unspecified atom stereocenters. The average molecular weight is 358 g/mol. The van der Waals surface area contributed by atoms with E-state index in [0.717, 1.165) is 13.0 Å². The highest BCUT2D eigenvalue weighted by Crippen LogP contribution is 2.23. The van der Waals surface area contributed by atoms with E-state index >= 15 is 0 Å². The van der Waals surface area contributed by atoms with Crippen LogP contribution in [0, 0.1) is 5.82 Å². The average Bonchev–Trinajstić information content (AvgIpc) is 3.02. The van der Waals surface area contributed by atoms with Crippen LogP contribution in [0.2, 0.25) is 0 Å². The maximum Gasteiger partial charge on any atom is 0.407 e. The van der Waals surface area contributed by atoms with Crippen LogP contribution in [0.15, 0.2) is 36.4 Å². The summed E-state index contributed by atoms with van der Waals surface area (Å²) in [5.74, 6) is 0.385. The van der Waals surface area contributed by atoms with Crippen molar-refractivity contribution in [2.24, 2.45) is 0 Å². The summed E-state index contributed by atoms with van der Waals surface area (Å²) in [6, 6.07) is 10.1. The fourth-order valence-electron chi connectivity index (χ4n) is 2.87. The molecule has 0 radical (unpaired) electrons. The van der Waals surface area contributed by atoms with E-state index in [1.54, 1.807) is 24.3 Å². The number of nitrogens with one attached hydrogen (secondary N) is 1. The number of carbonyl (C=O) groups is 1. The number of anilines is 1. The van der Waals surface area contributed by atoms with Crippen LogP contribution in [0.3, 0.4) is 0 Å². The van der Waals surface area contributed by atoms with Gasteiger partial charge in [-0.25, -0.2) is 9.18 Å². The van der Waals surface area contributed by atoms with E-state index in [-0.39, 0.29) is 11.9 Å². The van der Waals surface area contributed by atoms with Gasteiger partial charge in [0.15, 0.2) is 5.82 Å². The Balaban J connectivity index is 1.61. The molecule has 6 nitrogen and oxygen atoms in total. The molecule has 1 saturated heterocycles. The first-order valence-corrected chi connectivity index (χ1v) is 8.65. The molecular formula is C19H23FN4O2. The van der Waals surface area contributed by atoms with Gasteiger partial charge in [-0.15, -0.1) is 10.2 Å². The summed E-state index contributed by atoms with van der Waals surface area (Å²) in [5, 5.41) is 11.2. The van der Waals surface area contributed by atoms with Gasteiger partial charge in [0, 0.05) is 18.7 Å². The molecule has 0 saturated carbocycles. The van der Waals surface area contributed by atoms with Crippen LogP contribution in [0.25, 0.3) is 11.3 Å². The monoisotopic (exact) mass is 358 g/mol. The molecule has 1 aliphatic rings. The number of aromatic nitrogens is 2. The van der Waals surface area contributed by atoms with E-state index in [1.165, 1.54) is 6.07 Å². The standard InChI is InChI=1S/C19H23FN4O2/c1-19(2,3)26-18(25)21-13-10-11-24(12-13)17-9-8-16(22-23-17)14-6-4-5-7-15(14)20/h4-9,13H,10-12H2,1-3H3,(H,21,25). The van der Waals surface area contributed by atoms with Gasteiger partial charge in [-0.3, -0.25) is 0 Å². The summed E-state index contributed by atoms with van der Waals surface area (Å²) < 4.78 is 19.1. The Kier molecular flexibility index (Phi) is 5.06. The van der Waals surface area contributed by atoms with Crippen molar-refractivity contribution in [3.8, 4) is 11.3 Å². The summed E-state index contributed by atoms with van der Waals surface area (Å²) in [6.07, 6.45) is 0.390. The molecular weight excluding hydrogens is 335 g/mol. The van der Waals surface area contributed by atoms with Crippen molar-refractivity contribution in [1.82, 2.24) is 15.5 Å². The molecule has 1 atom stereocenters. The fourth-order valence-corrected chi connectivity index (χ4v) is 2.87. The second-order valence-corrected chi connectivity index (χ2v) is 7.33. The lowest BCUT2D eigenvalue weighted by Crippen LogP contribution is -2.40. The lowest BCUT2D eigenvalue weighted by Gasteiger charge is -2.22. The van der Waals surface area contributed by atoms with Crippen molar-refractivity contribution >= 4 is 11.9 Å². The first-order chi connectivity index (χ1) is 12.3. The molecule has 2 heterocycles. The quantitative estimate of drug-likeness (QED) is 0.911. The number of benzene rings is 1. The number of hydrogen-bond donors (Lipinski definition) is 1. The number of amides is 1. The zero-order valence-electron chi connectivity index (χ0n) is 15.2. The fraction of sp³-hybridized carbons (Fsp3) is 0.421. The van der Waals surface area contributed by atoms with Gasteiger partial charge in [-0.05, 0) is 51.5 Å². The molecule has 3 rings (SSSR count). The summed E-state index contributed by atoms with van der Waals surface area (Å²) in [7, 11) is 0. The van der Waals surface area contributed by atoms with E-state index < -0.39 is 11.7 Å². The van der Waals surface area contributed by atoms with Crippen molar-refractivity contribution in [1.29, 1.82) is 0 Å². The molecule has 0 bridgehead atoms. The van der Waals surface area contributed by atoms with Gasteiger partial charge in [-0.1, -0.05) is 12.1 Å². The SMILES string of the molecule is CC(C)(C)OC(=O)NC1CCN(c2ccc(-c3ccccc3F)nn2)C1. The first-order valence-electron chi connectivity index (χ1n) is 8.65. The van der Waals surface area contributed by atoms with E-state index in [0.29, 0.717) is 23.6 Å². The Morgan fingerprint density at radius 1 is 1.23 bits per heavy atom. The van der Waals surface area contributed by atoms with Crippen molar-refractivity contribution in [3.63, 3.8) is 0 Å². The lowest BCUT2D eigenvalue weighted by molar-refractivity contribution is 0.0509. The molecule has 0 aliphatic carbocycles. The number of hydrogen-bond acceptors (Lipinski definition) is 5. The van der Waals surface area contributed by atoms with Crippen LogP contribution in [0.4, 0.5) is 15.0 Å². The molecule has 1 fully saturated rings. The molecule has 138 valence electrons. The number of ether oxygens (including phenoxy) is 1. The predicted molar refractivity (Wildman–Crippen MR) is 97.4 cm³/mol. The van der Waals surface area contributed by atoms with Crippen LogP contribution in [0.5, 0.6) is 0 Å². The summed E-state index contributed by atoms with van der Waals surface area (Å²) in [6.45, 7) is 6.89. The smallest absolute Gasteiger partial charge is 0.407 e. The molecule has 0 spiro atoms. The van der Waals surface area contributed by atoms with Gasteiger partial charge >= 0.3 is 6.09 Å². The Morgan fingerprint density at radius 3 is 2.65 bits per heavy atom. The van der Waals surface area contributed by atoms with Crippen LogP contribution < -0.4 is 10.2 Å². The van der Waals surface area contributed by atoms with Crippen LogP contribution in [-0.2, 0) is 4.74 Å². The molecule has 1 aromatic heterocycles. The van der Waals surface area contributed by atoms with E-state index in [1.807, 2.05) is 31.7 Å². The minimum absolute atomic E-state index is 0.00195. The third kappa shape index (κ3) is 4.47. The minimum atomic E-state index is -0.517. The number of alkyl carbamates (subject to hydrolysis) is 1. The summed E-state index contributed by atoms with van der Waals surface area (Å²) in [4.78, 5) is 13.9. The van der Waals surface area contributed by atoms with Gasteiger partial charge in [-0.2, -0.15) is 0 Å². The second-order valence-electron chi connectivity index (χ2n) is 7.33. The molecule has 1 amide bonds. The highest BCUT2D eigenvalue weighted by molar-refractivity contribution is 5.68. The lowest BCUT2D eigenvalue weighted by atomic mass is 10.1. The van der Waals surface area contributed by atoms with E-state index in [4.69, 9.17) is 4.74 Å². The molecule has 2 aromatic rings. The Labute approximate surface area is 152 Å². The topological polar surface area (TPSA) is 67.3 Å². The molecule has 26 heavy (non-hydrogen) atoms. The predicted octanol–water partition coefficient (Wildman–Crippen LogP) is 3.39. The van der Waals surface area contributed by atoms with Gasteiger partial charge < -0.3 is 15.0 Å².